The maximum Gasteiger partial charge on any atom is 0.304 e. The van der Waals surface area contributed by atoms with Crippen LogP contribution in [0.2, 0.25) is 0 Å². The van der Waals surface area contributed by atoms with E-state index < -0.39 is 14.8 Å². The number of nitrogens with zero attached hydrogens (tertiary/aromatic N) is 2. The summed E-state index contributed by atoms with van der Waals surface area (Å²) >= 11 is 0.921. The van der Waals surface area contributed by atoms with E-state index >= 15 is 0 Å². The van der Waals surface area contributed by atoms with Gasteiger partial charge in [-0.15, -0.1) is 0 Å². The van der Waals surface area contributed by atoms with Gasteiger partial charge < -0.3 is 10.2 Å². The predicted octanol–water partition coefficient (Wildman–Crippen LogP) is 3.00. The van der Waals surface area contributed by atoms with Crippen molar-refractivity contribution < 1.29 is 13.3 Å². The molecule has 1 unspecified atom stereocenters. The lowest BCUT2D eigenvalue weighted by Crippen LogP contribution is -2.22. The van der Waals surface area contributed by atoms with Gasteiger partial charge in [-0.3, -0.25) is 10.1 Å². The van der Waals surface area contributed by atoms with E-state index in [0.717, 1.165) is 43.2 Å². The summed E-state index contributed by atoms with van der Waals surface area (Å²) in [5.41, 5.74) is 0.995. The Morgan fingerprint density at radius 3 is 2.72 bits per heavy atom. The summed E-state index contributed by atoms with van der Waals surface area (Å²) in [6.07, 6.45) is 2.04. The summed E-state index contributed by atoms with van der Waals surface area (Å²) in [6, 6.07) is 11.3. The third kappa shape index (κ3) is 4.10. The van der Waals surface area contributed by atoms with E-state index in [1.54, 1.807) is 0 Å². The van der Waals surface area contributed by atoms with Crippen LogP contribution in [0, 0.1) is 16.0 Å². The van der Waals surface area contributed by atoms with Crippen molar-refractivity contribution in [1.82, 2.24) is 0 Å². The van der Waals surface area contributed by atoms with Crippen LogP contribution in [0.15, 0.2) is 40.6 Å². The van der Waals surface area contributed by atoms with Crippen molar-refractivity contribution in [3.8, 4) is 0 Å². The number of sulfone groups is 1. The highest BCUT2D eigenvalue weighted by Gasteiger charge is 2.26. The van der Waals surface area contributed by atoms with Gasteiger partial charge in [0.15, 0.2) is 14.8 Å². The summed E-state index contributed by atoms with van der Waals surface area (Å²) in [4.78, 5) is 12.9. The molecule has 0 aliphatic carbocycles. The molecule has 1 saturated heterocycles. The number of thiophene rings is 1. The van der Waals surface area contributed by atoms with Gasteiger partial charge in [0.25, 0.3) is 0 Å². The molecule has 2 aromatic rings. The third-order valence-electron chi connectivity index (χ3n) is 4.21. The second-order valence-corrected chi connectivity index (χ2v) is 9.42. The van der Waals surface area contributed by atoms with Crippen molar-refractivity contribution in [3.05, 3.63) is 46.5 Å². The fourth-order valence-corrected chi connectivity index (χ4v) is 4.86. The molecule has 1 aromatic carbocycles. The average molecular weight is 381 g/mol. The quantitative estimate of drug-likeness (QED) is 0.611. The van der Waals surface area contributed by atoms with Gasteiger partial charge in [0, 0.05) is 37.6 Å². The van der Waals surface area contributed by atoms with Gasteiger partial charge in [0.05, 0.1) is 4.92 Å². The van der Waals surface area contributed by atoms with E-state index in [1.165, 1.54) is 5.69 Å². The van der Waals surface area contributed by atoms with Gasteiger partial charge in [-0.25, -0.2) is 8.42 Å². The number of nitrogens with one attached hydrogen (secondary N) is 1. The molecule has 9 heteroatoms. The van der Waals surface area contributed by atoms with Crippen LogP contribution < -0.4 is 10.2 Å². The Morgan fingerprint density at radius 2 is 2.08 bits per heavy atom. The molecule has 25 heavy (non-hydrogen) atoms. The van der Waals surface area contributed by atoms with Gasteiger partial charge in [-0.05, 0) is 24.5 Å². The zero-order valence-electron chi connectivity index (χ0n) is 13.7. The molecule has 0 bridgehead atoms. The number of hydrogen-bond acceptors (Lipinski definition) is 7. The maximum atomic E-state index is 11.6. The van der Waals surface area contributed by atoms with Crippen molar-refractivity contribution in [1.29, 1.82) is 0 Å². The Labute approximate surface area is 150 Å². The van der Waals surface area contributed by atoms with E-state index in [4.69, 9.17) is 0 Å². The third-order valence-corrected chi connectivity index (χ3v) is 7.09. The fraction of sp³-hybridized carbons (Fsp3) is 0.375. The Hall–Kier alpha value is -2.13. The first-order valence-corrected chi connectivity index (χ1v) is 10.6. The van der Waals surface area contributed by atoms with Crippen LogP contribution in [0.1, 0.15) is 6.42 Å². The molecule has 1 aliphatic heterocycles. The van der Waals surface area contributed by atoms with Crippen molar-refractivity contribution in [2.45, 2.75) is 10.6 Å². The van der Waals surface area contributed by atoms with Crippen LogP contribution in [0.4, 0.5) is 16.4 Å². The van der Waals surface area contributed by atoms with Crippen LogP contribution in [-0.4, -0.2) is 39.2 Å². The maximum absolute atomic E-state index is 11.6. The molecule has 1 fully saturated rings. The summed E-state index contributed by atoms with van der Waals surface area (Å²) in [6.45, 7) is 2.39. The van der Waals surface area contributed by atoms with E-state index in [1.807, 2.05) is 18.2 Å². The molecule has 1 aromatic heterocycles. The van der Waals surface area contributed by atoms with E-state index in [9.17, 15) is 18.5 Å². The molecule has 1 N–H and O–H groups in total. The molecule has 0 saturated carbocycles. The largest absolute Gasteiger partial charge is 0.371 e. The standard InChI is InChI=1S/C16H19N3O4S2/c1-25(22,23)15-9-14(19(20)21)16(24-15)17-10-12-7-8-18(11-12)13-5-3-2-4-6-13/h2-6,9,12,17H,7-8,10-11H2,1H3. The molecule has 7 nitrogen and oxygen atoms in total. The molecule has 134 valence electrons. The Balaban J connectivity index is 1.66. The Bertz CT molecular complexity index is 865. The van der Waals surface area contributed by atoms with Crippen molar-refractivity contribution >= 4 is 37.5 Å². The normalized spacial score (nSPS) is 17.6. The van der Waals surface area contributed by atoms with E-state index in [-0.39, 0.29) is 9.90 Å². The minimum absolute atomic E-state index is 0.0130. The number of hydrogen-bond donors (Lipinski definition) is 1. The minimum Gasteiger partial charge on any atom is -0.371 e. The van der Waals surface area contributed by atoms with Crippen LogP contribution in [-0.2, 0) is 9.84 Å². The summed E-state index contributed by atoms with van der Waals surface area (Å²) < 4.78 is 23.3. The smallest absolute Gasteiger partial charge is 0.304 e. The summed E-state index contributed by atoms with van der Waals surface area (Å²) in [5.74, 6) is 0.351. The molecule has 1 aliphatic rings. The molecule has 0 spiro atoms. The molecule has 1 atom stereocenters. The van der Waals surface area contributed by atoms with Gasteiger partial charge in [-0.1, -0.05) is 29.5 Å². The number of rotatable bonds is 6. The number of anilines is 2. The average Bonchev–Trinajstić information content (AvgIpc) is 3.20. The first-order chi connectivity index (χ1) is 11.8. The SMILES string of the molecule is CS(=O)(=O)c1cc([N+](=O)[O-])c(NCC2CCN(c3ccccc3)C2)s1. The zero-order valence-corrected chi connectivity index (χ0v) is 15.3. The Kier molecular flexibility index (Phi) is 4.96. The minimum atomic E-state index is -3.45. The highest BCUT2D eigenvalue weighted by molar-refractivity contribution is 7.92. The van der Waals surface area contributed by atoms with Gasteiger partial charge in [0.1, 0.15) is 4.21 Å². The highest BCUT2D eigenvalue weighted by Crippen LogP contribution is 2.37. The number of benzene rings is 1. The van der Waals surface area contributed by atoms with Crippen molar-refractivity contribution in [3.63, 3.8) is 0 Å². The van der Waals surface area contributed by atoms with E-state index in [2.05, 4.69) is 22.3 Å². The Morgan fingerprint density at radius 1 is 1.36 bits per heavy atom. The zero-order chi connectivity index (χ0) is 18.0. The molecule has 0 radical (unpaired) electrons. The van der Waals surface area contributed by atoms with Crippen molar-refractivity contribution in [2.75, 3.05) is 36.1 Å². The van der Waals surface area contributed by atoms with Crippen LogP contribution in [0.5, 0.6) is 0 Å². The lowest BCUT2D eigenvalue weighted by Gasteiger charge is -2.18. The monoisotopic (exact) mass is 381 g/mol. The first kappa shape index (κ1) is 17.7. The molecular weight excluding hydrogens is 362 g/mol. The second-order valence-electron chi connectivity index (χ2n) is 6.13. The highest BCUT2D eigenvalue weighted by atomic mass is 32.2. The predicted molar refractivity (Wildman–Crippen MR) is 99.3 cm³/mol. The van der Waals surface area contributed by atoms with Crippen molar-refractivity contribution in [2.24, 2.45) is 5.92 Å². The number of nitro groups is 1. The topological polar surface area (TPSA) is 92.5 Å². The summed E-state index contributed by atoms with van der Waals surface area (Å²) in [5, 5.41) is 14.6. The second kappa shape index (κ2) is 7.01. The van der Waals surface area contributed by atoms with E-state index in [0.29, 0.717) is 17.5 Å². The van der Waals surface area contributed by atoms with Crippen LogP contribution >= 0.6 is 11.3 Å². The van der Waals surface area contributed by atoms with Crippen LogP contribution in [0.3, 0.4) is 0 Å². The lowest BCUT2D eigenvalue weighted by molar-refractivity contribution is -0.383. The molecular formula is C16H19N3O4S2. The van der Waals surface area contributed by atoms with Crippen LogP contribution in [0.25, 0.3) is 0 Å². The molecule has 0 amide bonds. The number of para-hydroxylation sites is 1. The van der Waals surface area contributed by atoms with Gasteiger partial charge >= 0.3 is 5.69 Å². The molecule has 3 rings (SSSR count). The fourth-order valence-electron chi connectivity index (χ4n) is 2.91. The summed E-state index contributed by atoms with van der Waals surface area (Å²) in [7, 11) is -3.45. The van der Waals surface area contributed by atoms with Gasteiger partial charge in [-0.2, -0.15) is 0 Å². The molecule has 2 heterocycles. The van der Waals surface area contributed by atoms with Gasteiger partial charge in [0.2, 0.25) is 0 Å². The first-order valence-electron chi connectivity index (χ1n) is 7.87. The lowest BCUT2D eigenvalue weighted by atomic mass is 10.1.